The van der Waals surface area contributed by atoms with Gasteiger partial charge >= 0.3 is 5.97 Å². The summed E-state index contributed by atoms with van der Waals surface area (Å²) in [6.45, 7) is 4.44. The van der Waals surface area contributed by atoms with Gasteiger partial charge in [-0.05, 0) is 71.7 Å². The van der Waals surface area contributed by atoms with E-state index >= 15 is 0 Å². The summed E-state index contributed by atoms with van der Waals surface area (Å²) in [6.07, 6.45) is 3.37. The fraction of sp³-hybridized carbons (Fsp3) is 0.394. The fourth-order valence-electron chi connectivity index (χ4n) is 5.36. The largest absolute Gasteiger partial charge is 0.480 e. The van der Waals surface area contributed by atoms with Crippen molar-refractivity contribution >= 4 is 35.4 Å². The lowest BCUT2D eigenvalue weighted by molar-refractivity contribution is -0.139. The SMILES string of the molecule is COC[C@@H]1C[C@H](SCc2ccccc2)CN1Cc1ccc(C(=O)N[C@@H](CCSC)C(=O)O)c(-c2ccccc2C)c1. The Balaban J connectivity index is 1.56. The van der Waals surface area contributed by atoms with E-state index in [1.54, 1.807) is 18.9 Å². The highest BCUT2D eigenvalue weighted by Crippen LogP contribution is 2.33. The molecule has 1 fully saturated rings. The number of thioether (sulfide) groups is 2. The van der Waals surface area contributed by atoms with Gasteiger partial charge in [-0.15, -0.1) is 0 Å². The molecular formula is C33H40N2O4S2. The summed E-state index contributed by atoms with van der Waals surface area (Å²) in [5.74, 6) is 0.275. The minimum atomic E-state index is -1.01. The zero-order valence-electron chi connectivity index (χ0n) is 24.0. The maximum absolute atomic E-state index is 13.4. The number of rotatable bonds is 14. The fourth-order valence-corrected chi connectivity index (χ4v) is 7.10. The van der Waals surface area contributed by atoms with E-state index in [2.05, 4.69) is 46.6 Å². The molecule has 1 heterocycles. The summed E-state index contributed by atoms with van der Waals surface area (Å²) in [5, 5.41) is 13.0. The first-order chi connectivity index (χ1) is 19.9. The van der Waals surface area contributed by atoms with Crippen molar-refractivity contribution in [3.8, 4) is 11.1 Å². The summed E-state index contributed by atoms with van der Waals surface area (Å²) in [4.78, 5) is 27.8. The third-order valence-corrected chi connectivity index (χ3v) is 9.50. The average molecular weight is 593 g/mol. The molecule has 1 amide bonds. The molecule has 1 aliphatic rings. The number of likely N-dealkylation sites (tertiary alicyclic amines) is 1. The Kier molecular flexibility index (Phi) is 11.7. The smallest absolute Gasteiger partial charge is 0.326 e. The van der Waals surface area contributed by atoms with Gasteiger partial charge in [0.15, 0.2) is 0 Å². The number of hydrogen-bond acceptors (Lipinski definition) is 6. The van der Waals surface area contributed by atoms with E-state index in [1.807, 2.05) is 61.3 Å². The first-order valence-electron chi connectivity index (χ1n) is 14.0. The number of aryl methyl sites for hydroxylation is 1. The second-order valence-electron chi connectivity index (χ2n) is 10.5. The lowest BCUT2D eigenvalue weighted by Crippen LogP contribution is -2.41. The molecule has 3 aromatic carbocycles. The highest BCUT2D eigenvalue weighted by atomic mass is 32.2. The zero-order chi connectivity index (χ0) is 29.2. The number of ether oxygens (including phenoxy) is 1. The van der Waals surface area contributed by atoms with E-state index < -0.39 is 12.0 Å². The van der Waals surface area contributed by atoms with Crippen LogP contribution in [0.15, 0.2) is 72.8 Å². The number of aliphatic carboxylic acids is 1. The van der Waals surface area contributed by atoms with E-state index in [0.717, 1.165) is 47.5 Å². The quantitative estimate of drug-likeness (QED) is 0.234. The standard InChI is InChI=1S/C33H40N2O4S2/c1-23-9-7-8-12-28(23)30-17-25(13-14-29(30)32(36)34-31(33(37)38)15-16-40-3)19-35-20-27(18-26(35)21-39-2)41-22-24-10-5-4-6-11-24/h4-14,17,26-27,31H,15-16,18-22H2,1-3H3,(H,34,36)(H,37,38)/t26-,27-,31-/m0/s1. The average Bonchev–Trinajstić information content (AvgIpc) is 3.35. The Morgan fingerprint density at radius 2 is 1.80 bits per heavy atom. The van der Waals surface area contributed by atoms with Crippen LogP contribution < -0.4 is 5.32 Å². The van der Waals surface area contributed by atoms with Crippen molar-refractivity contribution in [1.29, 1.82) is 0 Å². The third-order valence-electron chi connectivity index (χ3n) is 7.54. The molecule has 0 aliphatic carbocycles. The van der Waals surface area contributed by atoms with Crippen molar-refractivity contribution in [2.24, 2.45) is 0 Å². The predicted molar refractivity (Wildman–Crippen MR) is 171 cm³/mol. The van der Waals surface area contributed by atoms with Crippen molar-refractivity contribution in [1.82, 2.24) is 10.2 Å². The summed E-state index contributed by atoms with van der Waals surface area (Å²) in [6, 6.07) is 24.0. The molecule has 3 aromatic rings. The Labute approximate surface area is 252 Å². The molecule has 6 nitrogen and oxygen atoms in total. The number of methoxy groups -OCH3 is 1. The molecule has 41 heavy (non-hydrogen) atoms. The monoisotopic (exact) mass is 592 g/mol. The number of carboxylic acids is 1. The van der Waals surface area contributed by atoms with Gasteiger partial charge in [0.1, 0.15) is 6.04 Å². The number of nitrogens with zero attached hydrogens (tertiary/aromatic N) is 1. The van der Waals surface area contributed by atoms with Gasteiger partial charge in [0, 0.05) is 42.8 Å². The van der Waals surface area contributed by atoms with Gasteiger partial charge in [0.25, 0.3) is 5.91 Å². The number of carbonyl (C=O) groups excluding carboxylic acids is 1. The van der Waals surface area contributed by atoms with Crippen LogP contribution in [0.1, 0.15) is 39.9 Å². The van der Waals surface area contributed by atoms with E-state index in [4.69, 9.17) is 4.74 Å². The molecule has 1 aliphatic heterocycles. The van der Waals surface area contributed by atoms with Crippen LogP contribution >= 0.6 is 23.5 Å². The Bertz CT molecular complexity index is 1300. The molecule has 3 atom stereocenters. The number of hydrogen-bond donors (Lipinski definition) is 2. The molecule has 2 N–H and O–H groups in total. The molecule has 0 saturated carbocycles. The van der Waals surface area contributed by atoms with Gasteiger partial charge in [-0.3, -0.25) is 9.69 Å². The number of carbonyl (C=O) groups is 2. The van der Waals surface area contributed by atoms with Crippen LogP contribution in [0.5, 0.6) is 0 Å². The van der Waals surface area contributed by atoms with Crippen LogP contribution in [0.25, 0.3) is 11.1 Å². The molecule has 0 unspecified atom stereocenters. The van der Waals surface area contributed by atoms with Crippen LogP contribution in [-0.2, 0) is 21.8 Å². The van der Waals surface area contributed by atoms with E-state index in [-0.39, 0.29) is 5.91 Å². The van der Waals surface area contributed by atoms with Crippen LogP contribution in [0.2, 0.25) is 0 Å². The first-order valence-corrected chi connectivity index (χ1v) is 16.4. The van der Waals surface area contributed by atoms with Crippen molar-refractivity contribution in [2.45, 2.75) is 49.4 Å². The maximum Gasteiger partial charge on any atom is 0.326 e. The molecule has 0 aromatic heterocycles. The molecule has 0 bridgehead atoms. The molecule has 0 spiro atoms. The molecule has 8 heteroatoms. The maximum atomic E-state index is 13.4. The number of carboxylic acid groups (broad SMARTS) is 1. The summed E-state index contributed by atoms with van der Waals surface area (Å²) < 4.78 is 5.60. The predicted octanol–water partition coefficient (Wildman–Crippen LogP) is 6.12. The van der Waals surface area contributed by atoms with Gasteiger partial charge < -0.3 is 15.2 Å². The Hall–Kier alpha value is -2.78. The van der Waals surface area contributed by atoms with Crippen LogP contribution in [-0.4, -0.2) is 71.5 Å². The van der Waals surface area contributed by atoms with Gasteiger partial charge in [-0.1, -0.05) is 60.7 Å². The van der Waals surface area contributed by atoms with Crippen LogP contribution in [0.3, 0.4) is 0 Å². The Morgan fingerprint density at radius 1 is 1.05 bits per heavy atom. The normalized spacial score (nSPS) is 17.8. The Morgan fingerprint density at radius 3 is 2.51 bits per heavy atom. The molecule has 1 saturated heterocycles. The van der Waals surface area contributed by atoms with E-state index in [1.165, 1.54) is 5.56 Å². The number of amides is 1. The lowest BCUT2D eigenvalue weighted by atomic mass is 9.93. The summed E-state index contributed by atoms with van der Waals surface area (Å²) in [5.41, 5.74) is 5.81. The summed E-state index contributed by atoms with van der Waals surface area (Å²) in [7, 11) is 1.76. The number of benzene rings is 3. The third kappa shape index (κ3) is 8.61. The van der Waals surface area contributed by atoms with Gasteiger partial charge in [0.2, 0.25) is 0 Å². The van der Waals surface area contributed by atoms with Crippen LogP contribution in [0.4, 0.5) is 0 Å². The molecular weight excluding hydrogens is 553 g/mol. The number of nitrogens with one attached hydrogen (secondary N) is 1. The van der Waals surface area contributed by atoms with Gasteiger partial charge in [-0.25, -0.2) is 4.79 Å². The van der Waals surface area contributed by atoms with E-state index in [9.17, 15) is 14.7 Å². The second-order valence-corrected chi connectivity index (χ2v) is 12.8. The highest BCUT2D eigenvalue weighted by Gasteiger charge is 2.32. The van der Waals surface area contributed by atoms with Gasteiger partial charge in [-0.2, -0.15) is 23.5 Å². The zero-order valence-corrected chi connectivity index (χ0v) is 25.7. The second kappa shape index (κ2) is 15.4. The minimum Gasteiger partial charge on any atom is -0.480 e. The molecule has 0 radical (unpaired) electrons. The van der Waals surface area contributed by atoms with Gasteiger partial charge in [0.05, 0.1) is 6.61 Å². The van der Waals surface area contributed by atoms with E-state index in [0.29, 0.717) is 35.6 Å². The van der Waals surface area contributed by atoms with Crippen molar-refractivity contribution in [3.63, 3.8) is 0 Å². The molecule has 4 rings (SSSR count). The topological polar surface area (TPSA) is 78.9 Å². The summed E-state index contributed by atoms with van der Waals surface area (Å²) >= 11 is 3.57. The first kappa shape index (κ1) is 31.2. The van der Waals surface area contributed by atoms with Crippen molar-refractivity contribution in [3.05, 3.63) is 95.1 Å². The van der Waals surface area contributed by atoms with Crippen molar-refractivity contribution in [2.75, 3.05) is 32.3 Å². The minimum absolute atomic E-state index is 0.325. The highest BCUT2D eigenvalue weighted by molar-refractivity contribution is 7.99. The lowest BCUT2D eigenvalue weighted by Gasteiger charge is -2.24. The van der Waals surface area contributed by atoms with Crippen molar-refractivity contribution < 1.29 is 19.4 Å². The van der Waals surface area contributed by atoms with Crippen LogP contribution in [0, 0.1) is 6.92 Å². The molecule has 218 valence electrons.